The molecule has 0 unspecified atom stereocenters. The van der Waals surface area contributed by atoms with E-state index in [0.29, 0.717) is 17.9 Å². The van der Waals surface area contributed by atoms with Crippen LogP contribution in [0.2, 0.25) is 0 Å². The molecule has 0 atom stereocenters. The van der Waals surface area contributed by atoms with Crippen molar-refractivity contribution in [1.29, 1.82) is 0 Å². The Morgan fingerprint density at radius 1 is 1.29 bits per heavy atom. The van der Waals surface area contributed by atoms with Crippen LogP contribution >= 0.6 is 0 Å². The summed E-state index contributed by atoms with van der Waals surface area (Å²) < 4.78 is 0. The molecule has 5 heteroatoms. The van der Waals surface area contributed by atoms with Crippen LogP contribution in [-0.4, -0.2) is 34.9 Å². The maximum atomic E-state index is 11.7. The summed E-state index contributed by atoms with van der Waals surface area (Å²) in [6.45, 7) is 0.656. The van der Waals surface area contributed by atoms with E-state index < -0.39 is 0 Å². The molecular weight excluding hydrogens is 216 g/mol. The van der Waals surface area contributed by atoms with Crippen molar-refractivity contribution in [3.8, 4) is 0 Å². The van der Waals surface area contributed by atoms with E-state index in [2.05, 4.69) is 15.3 Å². The highest BCUT2D eigenvalue weighted by Gasteiger charge is 2.23. The number of carbonyl (C=O) groups excluding carboxylic acids is 1. The Balaban J connectivity index is 2.22. The van der Waals surface area contributed by atoms with Gasteiger partial charge in [0.2, 0.25) is 0 Å². The second-order valence-corrected chi connectivity index (χ2v) is 4.38. The zero-order valence-electron chi connectivity index (χ0n) is 9.69. The summed E-state index contributed by atoms with van der Waals surface area (Å²) in [5, 5.41) is 3.61. The Hall–Kier alpha value is -2.01. The molecule has 0 saturated heterocycles. The normalized spacial score (nSPS) is 13.5. The Kier molecular flexibility index (Phi) is 2.09. The van der Waals surface area contributed by atoms with Crippen molar-refractivity contribution in [2.75, 3.05) is 19.4 Å². The van der Waals surface area contributed by atoms with Gasteiger partial charge in [-0.25, -0.2) is 9.97 Å². The predicted octanol–water partition coefficient (Wildman–Crippen LogP) is 1.26. The van der Waals surface area contributed by atoms with Gasteiger partial charge in [0.25, 0.3) is 5.91 Å². The van der Waals surface area contributed by atoms with E-state index in [9.17, 15) is 4.79 Å². The van der Waals surface area contributed by atoms with Gasteiger partial charge in [0.1, 0.15) is 11.6 Å². The summed E-state index contributed by atoms with van der Waals surface area (Å²) in [6, 6.07) is 5.55. The second kappa shape index (κ2) is 3.49. The summed E-state index contributed by atoms with van der Waals surface area (Å²) in [5.41, 5.74) is 1.48. The highest BCUT2D eigenvalue weighted by Crippen LogP contribution is 2.30. The van der Waals surface area contributed by atoms with Crippen molar-refractivity contribution >= 4 is 22.6 Å². The van der Waals surface area contributed by atoms with E-state index in [4.69, 9.17) is 0 Å². The quantitative estimate of drug-likeness (QED) is 0.840. The van der Waals surface area contributed by atoms with Gasteiger partial charge >= 0.3 is 0 Å². The summed E-state index contributed by atoms with van der Waals surface area (Å²) in [6.07, 6.45) is 0. The van der Waals surface area contributed by atoms with E-state index in [1.54, 1.807) is 6.07 Å². The molecule has 17 heavy (non-hydrogen) atoms. The average Bonchev–Trinajstić information content (AvgIpc) is 2.56. The molecule has 1 aliphatic heterocycles. The minimum absolute atomic E-state index is 0.0955. The van der Waals surface area contributed by atoms with E-state index in [1.807, 2.05) is 31.1 Å². The van der Waals surface area contributed by atoms with Crippen LogP contribution in [0.5, 0.6) is 0 Å². The number of nitrogens with one attached hydrogen (secondary N) is 1. The van der Waals surface area contributed by atoms with Crippen LogP contribution in [0.25, 0.3) is 10.9 Å². The van der Waals surface area contributed by atoms with Gasteiger partial charge in [-0.05, 0) is 26.2 Å². The van der Waals surface area contributed by atoms with Crippen molar-refractivity contribution in [1.82, 2.24) is 14.9 Å². The van der Waals surface area contributed by atoms with Gasteiger partial charge in [-0.15, -0.1) is 0 Å². The molecule has 2 heterocycles. The Morgan fingerprint density at radius 2 is 2.12 bits per heavy atom. The third-order valence-electron chi connectivity index (χ3n) is 2.70. The number of carbonyl (C=O) groups is 1. The van der Waals surface area contributed by atoms with Crippen molar-refractivity contribution in [2.24, 2.45) is 0 Å². The average molecular weight is 228 g/mol. The molecular formula is C12H12N4O. The number of aromatic nitrogens is 2. The molecule has 5 nitrogen and oxygen atoms in total. The molecule has 86 valence electrons. The molecule has 1 N–H and O–H groups in total. The molecule has 1 amide bonds. The first-order valence-electron chi connectivity index (χ1n) is 5.41. The van der Waals surface area contributed by atoms with Crippen LogP contribution in [0.3, 0.4) is 0 Å². The van der Waals surface area contributed by atoms with Crippen LogP contribution in [-0.2, 0) is 6.54 Å². The van der Waals surface area contributed by atoms with Crippen LogP contribution < -0.4 is 5.32 Å². The third kappa shape index (κ3) is 1.55. The maximum absolute atomic E-state index is 11.7. The zero-order valence-corrected chi connectivity index (χ0v) is 9.69. The first kappa shape index (κ1) is 10.2. The summed E-state index contributed by atoms with van der Waals surface area (Å²) in [4.78, 5) is 22.5. The molecule has 1 aliphatic rings. The minimum Gasteiger partial charge on any atom is -0.306 e. The lowest BCUT2D eigenvalue weighted by molar-refractivity contribution is 0.103. The largest absolute Gasteiger partial charge is 0.306 e. The van der Waals surface area contributed by atoms with Gasteiger partial charge in [-0.3, -0.25) is 4.79 Å². The van der Waals surface area contributed by atoms with Crippen molar-refractivity contribution in [2.45, 2.75) is 6.54 Å². The molecule has 1 aromatic carbocycles. The standard InChI is InChI=1S/C12H12N4O/c1-16(2)6-9-13-8-5-3-4-7-10(8)11(14-9)15-12(7)17/h3-5H,6H2,1-2H3,(H,13,14,15,17). The topological polar surface area (TPSA) is 58.1 Å². The number of hydrogen-bond donors (Lipinski definition) is 1. The SMILES string of the molecule is CN(C)Cc1nc2c3c(cccc3n1)C(=O)N2. The molecule has 2 aromatic rings. The van der Waals surface area contributed by atoms with Crippen molar-refractivity contribution < 1.29 is 4.79 Å². The fourth-order valence-corrected chi connectivity index (χ4v) is 2.04. The number of nitrogens with zero attached hydrogens (tertiary/aromatic N) is 3. The van der Waals surface area contributed by atoms with E-state index in [1.165, 1.54) is 0 Å². The number of amides is 1. The van der Waals surface area contributed by atoms with Gasteiger partial charge in [-0.1, -0.05) is 6.07 Å². The number of rotatable bonds is 2. The monoisotopic (exact) mass is 228 g/mol. The van der Waals surface area contributed by atoms with Crippen LogP contribution in [0.4, 0.5) is 5.82 Å². The molecule has 0 aliphatic carbocycles. The van der Waals surface area contributed by atoms with E-state index >= 15 is 0 Å². The molecule has 3 rings (SSSR count). The van der Waals surface area contributed by atoms with E-state index in [-0.39, 0.29) is 5.91 Å². The lowest BCUT2D eigenvalue weighted by Crippen LogP contribution is -2.14. The van der Waals surface area contributed by atoms with Gasteiger partial charge in [0, 0.05) is 0 Å². The van der Waals surface area contributed by atoms with Gasteiger partial charge in [0.05, 0.1) is 23.0 Å². The van der Waals surface area contributed by atoms with Gasteiger partial charge in [0.15, 0.2) is 0 Å². The van der Waals surface area contributed by atoms with Crippen LogP contribution in [0, 0.1) is 0 Å². The first-order valence-corrected chi connectivity index (χ1v) is 5.41. The van der Waals surface area contributed by atoms with Crippen LogP contribution in [0.1, 0.15) is 16.2 Å². The molecule has 0 fully saturated rings. The highest BCUT2D eigenvalue weighted by molar-refractivity contribution is 6.22. The minimum atomic E-state index is -0.0955. The lowest BCUT2D eigenvalue weighted by Gasteiger charge is -2.09. The maximum Gasteiger partial charge on any atom is 0.257 e. The molecule has 0 radical (unpaired) electrons. The Bertz CT molecular complexity index is 621. The smallest absolute Gasteiger partial charge is 0.257 e. The molecule has 0 spiro atoms. The van der Waals surface area contributed by atoms with E-state index in [0.717, 1.165) is 16.7 Å². The predicted molar refractivity (Wildman–Crippen MR) is 64.9 cm³/mol. The Labute approximate surface area is 98.5 Å². The Morgan fingerprint density at radius 3 is 2.88 bits per heavy atom. The molecule has 0 saturated carbocycles. The van der Waals surface area contributed by atoms with Gasteiger partial charge < -0.3 is 10.2 Å². The fourth-order valence-electron chi connectivity index (χ4n) is 2.04. The summed E-state index contributed by atoms with van der Waals surface area (Å²) in [5.74, 6) is 1.26. The summed E-state index contributed by atoms with van der Waals surface area (Å²) in [7, 11) is 3.92. The first-order chi connectivity index (χ1) is 8.15. The molecule has 0 bridgehead atoms. The fraction of sp³-hybridized carbons (Fsp3) is 0.250. The second-order valence-electron chi connectivity index (χ2n) is 4.38. The van der Waals surface area contributed by atoms with Crippen molar-refractivity contribution in [3.05, 3.63) is 29.6 Å². The third-order valence-corrected chi connectivity index (χ3v) is 2.70. The zero-order chi connectivity index (χ0) is 12.0. The lowest BCUT2D eigenvalue weighted by atomic mass is 10.1. The molecule has 1 aromatic heterocycles. The van der Waals surface area contributed by atoms with Gasteiger partial charge in [-0.2, -0.15) is 0 Å². The highest BCUT2D eigenvalue weighted by atomic mass is 16.1. The van der Waals surface area contributed by atoms with Crippen LogP contribution in [0.15, 0.2) is 18.2 Å². The number of anilines is 1. The number of hydrogen-bond acceptors (Lipinski definition) is 4. The van der Waals surface area contributed by atoms with Crippen molar-refractivity contribution in [3.63, 3.8) is 0 Å². The number of benzene rings is 1. The summed E-state index contributed by atoms with van der Waals surface area (Å²) >= 11 is 0.